The third-order valence-electron chi connectivity index (χ3n) is 1.75. The Bertz CT molecular complexity index is 322. The molecule has 0 bridgehead atoms. The average Bonchev–Trinajstić information content (AvgIpc) is 2.13. The molecule has 0 heterocycles. The van der Waals surface area contributed by atoms with E-state index in [0.717, 1.165) is 0 Å². The van der Waals surface area contributed by atoms with Crippen molar-refractivity contribution in [3.63, 3.8) is 0 Å². The Morgan fingerprint density at radius 2 is 1.83 bits per heavy atom. The number of aliphatic hydroxyl groups is 1. The van der Waals surface area contributed by atoms with Gasteiger partial charge in [0.2, 0.25) is 0 Å². The summed E-state index contributed by atoms with van der Waals surface area (Å²) >= 11 is -2.70. The summed E-state index contributed by atoms with van der Waals surface area (Å²) in [5.41, 5.74) is 0. The Hall–Kier alpha value is 1.94. The topological polar surface area (TPSA) is 127 Å². The third-order valence-corrected chi connectivity index (χ3v) is 3.62. The summed E-state index contributed by atoms with van der Waals surface area (Å²) in [5, 5.41) is 7.69. The largest absolute Gasteiger partial charge is 1.00 e. The van der Waals surface area contributed by atoms with E-state index in [1.807, 2.05) is 0 Å². The van der Waals surface area contributed by atoms with Crippen LogP contribution in [0.1, 0.15) is 13.3 Å². The molecule has 0 aliphatic heterocycles. The van der Waals surface area contributed by atoms with Crippen molar-refractivity contribution < 1.29 is 90.7 Å². The molecule has 0 radical (unpaired) electrons. The molecule has 1 N–H and O–H groups in total. The van der Waals surface area contributed by atoms with Crippen LogP contribution in [0.3, 0.4) is 0 Å². The van der Waals surface area contributed by atoms with Crippen molar-refractivity contribution in [1.82, 2.24) is 0 Å². The SMILES string of the molecule is CCC(O)COCC(CS(=O)(=O)[O-])S(=O)[O-].[Na+].[Na+]. The van der Waals surface area contributed by atoms with Crippen LogP contribution in [0.25, 0.3) is 0 Å². The number of aliphatic hydroxyl groups excluding tert-OH is 1. The van der Waals surface area contributed by atoms with Crippen LogP contribution in [0.15, 0.2) is 0 Å². The first-order valence-corrected chi connectivity index (χ1v) is 7.25. The first kappa shape index (κ1) is 24.9. The smallest absolute Gasteiger partial charge is 0.772 e. The van der Waals surface area contributed by atoms with Crippen molar-refractivity contribution >= 4 is 21.2 Å². The predicted molar refractivity (Wildman–Crippen MR) is 54.4 cm³/mol. The summed E-state index contributed by atoms with van der Waals surface area (Å²) in [5.74, 6) is -1.02. The van der Waals surface area contributed by atoms with Crippen molar-refractivity contribution in [3.05, 3.63) is 0 Å². The number of hydrogen-bond donors (Lipinski definition) is 1. The minimum Gasteiger partial charge on any atom is -0.772 e. The van der Waals surface area contributed by atoms with Gasteiger partial charge in [-0.3, -0.25) is 4.21 Å². The number of rotatable bonds is 8. The van der Waals surface area contributed by atoms with E-state index < -0.39 is 44.9 Å². The monoisotopic (exact) mass is 320 g/mol. The standard InChI is InChI=1S/C7H16O7S2.2Na/c1-2-6(8)3-14-4-7(15(9)10)5-16(11,12)13;;/h6-8H,2-5H2,1H3,(H,9,10)(H,11,12,13);;/q;2*+1/p-2. The fraction of sp³-hybridized carbons (Fsp3) is 1.00. The van der Waals surface area contributed by atoms with E-state index in [2.05, 4.69) is 0 Å². The molecule has 0 saturated carbocycles. The van der Waals surface area contributed by atoms with E-state index in [1.165, 1.54) is 0 Å². The predicted octanol–water partition coefficient (Wildman–Crippen LogP) is -7.43. The van der Waals surface area contributed by atoms with Crippen LogP contribution >= 0.6 is 0 Å². The normalized spacial score (nSPS) is 16.0. The maximum absolute atomic E-state index is 10.6. The Morgan fingerprint density at radius 3 is 2.17 bits per heavy atom. The summed E-state index contributed by atoms with van der Waals surface area (Å²) in [6.07, 6.45) is -0.296. The van der Waals surface area contributed by atoms with Crippen molar-refractivity contribution in [2.75, 3.05) is 19.0 Å². The summed E-state index contributed by atoms with van der Waals surface area (Å²) < 4.78 is 57.1. The van der Waals surface area contributed by atoms with Gasteiger partial charge >= 0.3 is 59.1 Å². The van der Waals surface area contributed by atoms with Crippen LogP contribution in [0.5, 0.6) is 0 Å². The van der Waals surface area contributed by atoms with Crippen LogP contribution in [0, 0.1) is 0 Å². The van der Waals surface area contributed by atoms with E-state index >= 15 is 0 Å². The van der Waals surface area contributed by atoms with Gasteiger partial charge in [-0.25, -0.2) is 8.42 Å². The summed E-state index contributed by atoms with van der Waals surface area (Å²) in [4.78, 5) is 0. The molecule has 18 heavy (non-hydrogen) atoms. The molecule has 0 aromatic carbocycles. The van der Waals surface area contributed by atoms with E-state index in [9.17, 15) is 21.7 Å². The minimum atomic E-state index is -4.61. The van der Waals surface area contributed by atoms with E-state index in [4.69, 9.17) is 9.84 Å². The average molecular weight is 320 g/mol. The molecular weight excluding hydrogens is 306 g/mol. The first-order valence-electron chi connectivity index (χ1n) is 4.53. The second kappa shape index (κ2) is 12.7. The second-order valence-corrected chi connectivity index (χ2v) is 5.84. The van der Waals surface area contributed by atoms with Crippen LogP contribution in [-0.4, -0.2) is 57.2 Å². The number of ether oxygens (including phenoxy) is 1. The van der Waals surface area contributed by atoms with Gasteiger partial charge in [0.05, 0.1) is 40.4 Å². The first-order chi connectivity index (χ1) is 7.26. The molecule has 0 aliphatic rings. The molecule has 0 aliphatic carbocycles. The van der Waals surface area contributed by atoms with E-state index in [0.29, 0.717) is 6.42 Å². The quantitative estimate of drug-likeness (QED) is 0.267. The molecule has 0 amide bonds. The van der Waals surface area contributed by atoms with Crippen molar-refractivity contribution in [2.45, 2.75) is 24.7 Å². The van der Waals surface area contributed by atoms with Crippen molar-refractivity contribution in [2.24, 2.45) is 0 Å². The molecule has 11 heteroatoms. The van der Waals surface area contributed by atoms with Gasteiger partial charge in [-0.15, -0.1) is 0 Å². The zero-order valence-electron chi connectivity index (χ0n) is 10.7. The molecule has 0 aromatic rings. The molecule has 3 atom stereocenters. The molecule has 0 aromatic heterocycles. The zero-order valence-corrected chi connectivity index (χ0v) is 16.3. The Balaban J connectivity index is -0.00000112. The van der Waals surface area contributed by atoms with Gasteiger partial charge in [-0.1, -0.05) is 6.92 Å². The Labute approximate surface area is 154 Å². The van der Waals surface area contributed by atoms with Crippen LogP contribution in [0.4, 0.5) is 0 Å². The summed E-state index contributed by atoms with van der Waals surface area (Å²) in [6.45, 7) is 1.19. The molecular formula is C7H14Na2O7S2. The van der Waals surface area contributed by atoms with Crippen LogP contribution in [0.2, 0.25) is 0 Å². The summed E-state index contributed by atoms with van der Waals surface area (Å²) in [7, 11) is -4.61. The van der Waals surface area contributed by atoms with Gasteiger partial charge in [0.15, 0.2) is 0 Å². The maximum atomic E-state index is 10.6. The minimum absolute atomic E-state index is 0. The fourth-order valence-electron chi connectivity index (χ4n) is 0.840. The molecule has 0 spiro atoms. The molecule has 0 fully saturated rings. The Kier molecular flexibility index (Phi) is 17.5. The third kappa shape index (κ3) is 14.4. The Morgan fingerprint density at radius 1 is 1.33 bits per heavy atom. The maximum Gasteiger partial charge on any atom is 1.00 e. The van der Waals surface area contributed by atoms with Crippen molar-refractivity contribution in [1.29, 1.82) is 0 Å². The van der Waals surface area contributed by atoms with E-state index in [1.54, 1.807) is 6.92 Å². The second-order valence-electron chi connectivity index (χ2n) is 3.21. The molecule has 3 unspecified atom stereocenters. The van der Waals surface area contributed by atoms with Gasteiger partial charge in [-0.2, -0.15) is 0 Å². The summed E-state index contributed by atoms with van der Waals surface area (Å²) in [6, 6.07) is 0. The van der Waals surface area contributed by atoms with Gasteiger partial charge in [0.1, 0.15) is 0 Å². The molecule has 0 saturated heterocycles. The van der Waals surface area contributed by atoms with Crippen LogP contribution < -0.4 is 59.1 Å². The van der Waals surface area contributed by atoms with Gasteiger partial charge in [0, 0.05) is 0 Å². The van der Waals surface area contributed by atoms with Gasteiger partial charge in [-0.05, 0) is 17.5 Å². The van der Waals surface area contributed by atoms with E-state index in [-0.39, 0.29) is 65.7 Å². The molecule has 7 nitrogen and oxygen atoms in total. The zero-order chi connectivity index (χ0) is 12.8. The number of hydrogen-bond acceptors (Lipinski definition) is 7. The van der Waals surface area contributed by atoms with Gasteiger partial charge in [0.25, 0.3) is 0 Å². The molecule has 0 rings (SSSR count). The fourth-order valence-corrected chi connectivity index (χ4v) is 2.54. The van der Waals surface area contributed by atoms with Crippen molar-refractivity contribution in [3.8, 4) is 0 Å². The van der Waals surface area contributed by atoms with Gasteiger partial charge < -0.3 is 18.9 Å². The van der Waals surface area contributed by atoms with Crippen LogP contribution in [-0.2, 0) is 25.9 Å². The molecule has 98 valence electrons.